The molecular weight excluding hydrogens is 307 g/mol. The maximum absolute atomic E-state index is 10.9. The van der Waals surface area contributed by atoms with Gasteiger partial charge < -0.3 is 14.9 Å². The molecule has 0 amide bonds. The van der Waals surface area contributed by atoms with E-state index in [2.05, 4.69) is 4.98 Å². The van der Waals surface area contributed by atoms with Crippen molar-refractivity contribution in [1.82, 2.24) is 4.98 Å². The van der Waals surface area contributed by atoms with Crippen LogP contribution in [0, 0.1) is 0 Å². The monoisotopic (exact) mass is 318 g/mol. The first-order valence-corrected chi connectivity index (χ1v) is 7.39. The molecule has 0 aliphatic carbocycles. The summed E-state index contributed by atoms with van der Waals surface area (Å²) in [4.78, 5) is 35.6. The Balaban J connectivity index is 0.000000631. The minimum Gasteiger partial charge on any atom is -0.373 e. The molecule has 8 nitrogen and oxygen atoms in total. The summed E-state index contributed by atoms with van der Waals surface area (Å²) in [5.41, 5.74) is 0.0234. The standard InChI is InChI=1S/C7H9ClNO4P.HO3P/c1-7(10,14(11,12)13)5-2-3-6(8)9-4-5;1-4(2)3/h2-4,10H,1H3,(H2,11,12,13);(H-,1,2,3)/p+1. The molecule has 1 aromatic heterocycles. The van der Waals surface area contributed by atoms with Crippen LogP contribution in [0.15, 0.2) is 18.3 Å². The predicted octanol–water partition coefficient (Wildman–Crippen LogP) is 0.706. The molecule has 18 heavy (non-hydrogen) atoms. The van der Waals surface area contributed by atoms with E-state index >= 15 is 0 Å². The first-order valence-electron chi connectivity index (χ1n) is 4.23. The van der Waals surface area contributed by atoms with Gasteiger partial charge in [-0.25, -0.2) is 4.98 Å². The number of rotatable bonds is 2. The van der Waals surface area contributed by atoms with Gasteiger partial charge in [0.25, 0.3) is 0 Å². The van der Waals surface area contributed by atoms with Gasteiger partial charge >= 0.3 is 15.9 Å². The van der Waals surface area contributed by atoms with E-state index in [0.29, 0.717) is 0 Å². The Morgan fingerprint density at radius 1 is 1.39 bits per heavy atom. The van der Waals surface area contributed by atoms with Gasteiger partial charge in [-0.3, -0.25) is 4.57 Å². The Morgan fingerprint density at radius 3 is 2.11 bits per heavy atom. The van der Waals surface area contributed by atoms with Gasteiger partial charge in [-0.05, 0) is 13.0 Å². The molecule has 1 atom stereocenters. The third-order valence-electron chi connectivity index (χ3n) is 1.84. The second-order valence-corrected chi connectivity index (χ2v) is 6.04. The molecule has 0 fully saturated rings. The molecule has 0 radical (unpaired) electrons. The average molecular weight is 319 g/mol. The highest BCUT2D eigenvalue weighted by Gasteiger charge is 2.42. The van der Waals surface area contributed by atoms with Crippen LogP contribution in [-0.2, 0) is 14.5 Å². The lowest BCUT2D eigenvalue weighted by Gasteiger charge is -2.24. The summed E-state index contributed by atoms with van der Waals surface area (Å²) in [7, 11) is -7.50. The van der Waals surface area contributed by atoms with E-state index in [1.807, 2.05) is 0 Å². The fourth-order valence-electron chi connectivity index (χ4n) is 0.824. The summed E-state index contributed by atoms with van der Waals surface area (Å²) in [5, 5.41) is 7.53. The Bertz CT molecular complexity index is 453. The van der Waals surface area contributed by atoms with Gasteiger partial charge in [0.05, 0.1) is 0 Å². The largest absolute Gasteiger partial charge is 0.692 e. The summed E-state index contributed by atoms with van der Waals surface area (Å²) in [6.07, 6.45) is 1.13. The summed E-state index contributed by atoms with van der Waals surface area (Å²) in [6.45, 7) is 1.03. The van der Waals surface area contributed by atoms with Crippen LogP contribution in [-0.4, -0.2) is 29.7 Å². The third-order valence-corrected chi connectivity index (χ3v) is 3.46. The van der Waals surface area contributed by atoms with Crippen molar-refractivity contribution in [3.05, 3.63) is 29.0 Å². The first kappa shape index (κ1) is 17.6. The fraction of sp³-hybridized carbons (Fsp3) is 0.286. The summed E-state index contributed by atoms with van der Waals surface area (Å²) in [6, 6.07) is 2.66. The van der Waals surface area contributed by atoms with Crippen molar-refractivity contribution in [3.8, 4) is 0 Å². The SMILES string of the molecule is CC(O)(c1ccc(Cl)nc1)P(=O)(O)O.O=[P+](O)O. The molecule has 1 unspecified atom stereocenters. The van der Waals surface area contributed by atoms with E-state index in [1.54, 1.807) is 0 Å². The first-order chi connectivity index (χ1) is 7.98. The zero-order chi connectivity index (χ0) is 14.6. The minimum absolute atomic E-state index is 0.0234. The number of nitrogens with zero attached hydrogens (tertiary/aromatic N) is 1. The highest BCUT2D eigenvalue weighted by molar-refractivity contribution is 7.52. The lowest BCUT2D eigenvalue weighted by atomic mass is 10.2. The number of hydrogen-bond donors (Lipinski definition) is 5. The van der Waals surface area contributed by atoms with Crippen molar-refractivity contribution in [1.29, 1.82) is 0 Å². The Hall–Kier alpha value is -0.430. The summed E-state index contributed by atoms with van der Waals surface area (Å²) < 4.78 is 19.6. The minimum atomic E-state index is -4.63. The predicted molar refractivity (Wildman–Crippen MR) is 62.9 cm³/mol. The van der Waals surface area contributed by atoms with E-state index in [0.717, 1.165) is 13.1 Å². The van der Waals surface area contributed by atoms with Crippen LogP contribution in [0.2, 0.25) is 5.15 Å². The molecular formula is C7H11ClNO7P2+. The van der Waals surface area contributed by atoms with Gasteiger partial charge in [-0.1, -0.05) is 17.7 Å². The zero-order valence-electron chi connectivity index (χ0n) is 9.00. The number of aliphatic hydroxyl groups is 1. The maximum Gasteiger partial charge on any atom is 0.692 e. The summed E-state index contributed by atoms with van der Waals surface area (Å²) in [5.74, 6) is 0. The molecule has 0 aliphatic rings. The molecule has 5 N–H and O–H groups in total. The topological polar surface area (TPSA) is 148 Å². The van der Waals surface area contributed by atoms with Crippen molar-refractivity contribution in [2.75, 3.05) is 0 Å². The van der Waals surface area contributed by atoms with Gasteiger partial charge in [-0.15, -0.1) is 9.79 Å². The molecule has 102 valence electrons. The molecule has 0 aliphatic heterocycles. The number of hydrogen-bond acceptors (Lipinski definition) is 4. The molecule has 1 heterocycles. The summed E-state index contributed by atoms with van der Waals surface area (Å²) >= 11 is 5.49. The molecule has 1 rings (SSSR count). The maximum atomic E-state index is 10.9. The van der Waals surface area contributed by atoms with E-state index in [4.69, 9.17) is 35.7 Å². The van der Waals surface area contributed by atoms with Gasteiger partial charge in [-0.2, -0.15) is 0 Å². The molecule has 0 spiro atoms. The van der Waals surface area contributed by atoms with Crippen LogP contribution >= 0.6 is 27.5 Å². The number of pyridine rings is 1. The normalized spacial score (nSPS) is 14.2. The van der Waals surface area contributed by atoms with Gasteiger partial charge in [0.1, 0.15) is 5.15 Å². The molecule has 1 aromatic rings. The number of aromatic nitrogens is 1. The fourth-order valence-corrected chi connectivity index (χ4v) is 1.40. The molecule has 0 aromatic carbocycles. The highest BCUT2D eigenvalue weighted by atomic mass is 35.5. The van der Waals surface area contributed by atoms with Crippen molar-refractivity contribution in [2.24, 2.45) is 0 Å². The molecule has 0 saturated heterocycles. The molecule has 11 heteroatoms. The Kier molecular flexibility index (Phi) is 6.50. The van der Waals surface area contributed by atoms with E-state index < -0.39 is 21.2 Å². The molecule has 0 bridgehead atoms. The quantitative estimate of drug-likeness (QED) is 0.395. The van der Waals surface area contributed by atoms with Crippen molar-refractivity contribution in [3.63, 3.8) is 0 Å². The second kappa shape index (κ2) is 6.65. The van der Waals surface area contributed by atoms with Crippen LogP contribution in [0.3, 0.4) is 0 Å². The van der Waals surface area contributed by atoms with Gasteiger partial charge in [0.2, 0.25) is 0 Å². The van der Waals surface area contributed by atoms with Gasteiger partial charge in [0.15, 0.2) is 5.34 Å². The van der Waals surface area contributed by atoms with Crippen molar-refractivity contribution < 1.29 is 33.8 Å². The van der Waals surface area contributed by atoms with Crippen LogP contribution < -0.4 is 0 Å². The van der Waals surface area contributed by atoms with Crippen LogP contribution in [0.1, 0.15) is 12.5 Å². The van der Waals surface area contributed by atoms with Crippen LogP contribution in [0.25, 0.3) is 0 Å². The third kappa shape index (κ3) is 5.48. The smallest absolute Gasteiger partial charge is 0.373 e. The van der Waals surface area contributed by atoms with Crippen LogP contribution in [0.5, 0.6) is 0 Å². The Morgan fingerprint density at radius 2 is 1.83 bits per heavy atom. The van der Waals surface area contributed by atoms with Crippen molar-refractivity contribution in [2.45, 2.75) is 12.3 Å². The lowest BCUT2D eigenvalue weighted by molar-refractivity contribution is 0.108. The van der Waals surface area contributed by atoms with Crippen LogP contribution in [0.4, 0.5) is 0 Å². The lowest BCUT2D eigenvalue weighted by Crippen LogP contribution is -2.21. The molecule has 0 saturated carbocycles. The van der Waals surface area contributed by atoms with Gasteiger partial charge in [0, 0.05) is 16.3 Å². The van der Waals surface area contributed by atoms with E-state index in [1.165, 1.54) is 12.1 Å². The van der Waals surface area contributed by atoms with E-state index in [-0.39, 0.29) is 10.7 Å². The Labute approximate surface area is 108 Å². The zero-order valence-corrected chi connectivity index (χ0v) is 11.5. The van der Waals surface area contributed by atoms with Crippen molar-refractivity contribution >= 4 is 27.5 Å². The second-order valence-electron chi connectivity index (χ2n) is 3.19. The number of halogens is 1. The van der Waals surface area contributed by atoms with E-state index in [9.17, 15) is 9.67 Å². The highest BCUT2D eigenvalue weighted by Crippen LogP contribution is 2.54. The average Bonchev–Trinajstić information content (AvgIpc) is 2.15.